The summed E-state index contributed by atoms with van der Waals surface area (Å²) in [7, 11) is 0. The Labute approximate surface area is 112 Å². The number of benzene rings is 1. The summed E-state index contributed by atoms with van der Waals surface area (Å²) in [6, 6.07) is 10.1. The van der Waals surface area contributed by atoms with Gasteiger partial charge in [-0.3, -0.25) is 14.5 Å². The van der Waals surface area contributed by atoms with Crippen molar-refractivity contribution in [3.8, 4) is 0 Å². The van der Waals surface area contributed by atoms with Gasteiger partial charge in [0.15, 0.2) is 0 Å². The fourth-order valence-corrected chi connectivity index (χ4v) is 3.14. The molecule has 4 nitrogen and oxygen atoms in total. The lowest BCUT2D eigenvalue weighted by atomic mass is 9.70. The van der Waals surface area contributed by atoms with Gasteiger partial charge in [0, 0.05) is 19.6 Å². The minimum atomic E-state index is -0.709. The molecule has 0 aromatic heterocycles. The number of carbonyl (C=O) groups excluding carboxylic acids is 2. The number of nitrogens with zero attached hydrogens (tertiary/aromatic N) is 1. The average Bonchev–Trinajstić information content (AvgIpc) is 2.71. The standard InChI is InChI=1S/C15H17NO3/c1-14-9-16(8-11-6-4-3-5-7-11)10-15(14,2)13(18)19-12(14)17/h3-7H,8-10H2,1-2H3/t14-,15+. The molecule has 2 aliphatic rings. The molecule has 4 heteroatoms. The SMILES string of the molecule is C[C@@]12CN(Cc3ccccc3)C[C@]1(C)C(=O)OC2=O. The van der Waals surface area contributed by atoms with Crippen molar-refractivity contribution in [2.45, 2.75) is 20.4 Å². The van der Waals surface area contributed by atoms with Crippen LogP contribution in [-0.4, -0.2) is 29.9 Å². The normalized spacial score (nSPS) is 34.4. The number of cyclic esters (lactones) is 2. The molecule has 3 rings (SSSR count). The topological polar surface area (TPSA) is 46.6 Å². The fraction of sp³-hybridized carbons (Fsp3) is 0.467. The Morgan fingerprint density at radius 3 is 2.11 bits per heavy atom. The van der Waals surface area contributed by atoms with Crippen molar-refractivity contribution in [1.82, 2.24) is 4.90 Å². The molecule has 0 aliphatic carbocycles. The Morgan fingerprint density at radius 2 is 1.58 bits per heavy atom. The van der Waals surface area contributed by atoms with Crippen LogP contribution in [0.1, 0.15) is 19.4 Å². The summed E-state index contributed by atoms with van der Waals surface area (Å²) in [5, 5.41) is 0. The molecule has 2 atom stereocenters. The summed E-state index contributed by atoms with van der Waals surface area (Å²) in [5.41, 5.74) is -0.229. The van der Waals surface area contributed by atoms with Gasteiger partial charge in [0.2, 0.25) is 0 Å². The van der Waals surface area contributed by atoms with Crippen molar-refractivity contribution >= 4 is 11.9 Å². The van der Waals surface area contributed by atoms with Crippen molar-refractivity contribution in [3.63, 3.8) is 0 Å². The zero-order chi connectivity index (χ0) is 13.7. The van der Waals surface area contributed by atoms with Crippen molar-refractivity contribution in [1.29, 1.82) is 0 Å². The molecule has 0 amide bonds. The van der Waals surface area contributed by atoms with E-state index in [2.05, 4.69) is 17.0 Å². The highest BCUT2D eigenvalue weighted by atomic mass is 16.6. The van der Waals surface area contributed by atoms with Crippen LogP contribution >= 0.6 is 0 Å². The molecular weight excluding hydrogens is 242 g/mol. The van der Waals surface area contributed by atoms with E-state index in [1.54, 1.807) is 0 Å². The molecule has 0 radical (unpaired) electrons. The van der Waals surface area contributed by atoms with Gasteiger partial charge in [-0.25, -0.2) is 0 Å². The Balaban J connectivity index is 1.84. The predicted octanol–water partition coefficient (Wildman–Crippen LogP) is 1.60. The lowest BCUT2D eigenvalue weighted by Gasteiger charge is -2.24. The van der Waals surface area contributed by atoms with E-state index in [1.165, 1.54) is 5.56 Å². The zero-order valence-electron chi connectivity index (χ0n) is 11.2. The van der Waals surface area contributed by atoms with Gasteiger partial charge in [0.05, 0.1) is 10.8 Å². The molecule has 19 heavy (non-hydrogen) atoms. The van der Waals surface area contributed by atoms with Crippen LogP contribution in [0.5, 0.6) is 0 Å². The minimum Gasteiger partial charge on any atom is -0.392 e. The molecule has 0 bridgehead atoms. The predicted molar refractivity (Wildman–Crippen MR) is 69.0 cm³/mol. The van der Waals surface area contributed by atoms with Crippen LogP contribution in [0, 0.1) is 10.8 Å². The highest BCUT2D eigenvalue weighted by molar-refractivity contribution is 6.02. The third-order valence-electron chi connectivity index (χ3n) is 4.63. The second kappa shape index (κ2) is 3.90. The smallest absolute Gasteiger partial charge is 0.321 e. The van der Waals surface area contributed by atoms with E-state index in [4.69, 9.17) is 4.74 Å². The molecule has 0 unspecified atom stereocenters. The first-order valence-electron chi connectivity index (χ1n) is 6.49. The summed E-state index contributed by atoms with van der Waals surface area (Å²) >= 11 is 0. The number of hydrogen-bond acceptors (Lipinski definition) is 4. The fourth-order valence-electron chi connectivity index (χ4n) is 3.14. The lowest BCUT2D eigenvalue weighted by Crippen LogP contribution is -2.38. The van der Waals surface area contributed by atoms with Gasteiger partial charge in [-0.15, -0.1) is 0 Å². The Kier molecular flexibility index (Phi) is 2.54. The second-order valence-electron chi connectivity index (χ2n) is 5.97. The van der Waals surface area contributed by atoms with E-state index < -0.39 is 10.8 Å². The van der Waals surface area contributed by atoms with Crippen molar-refractivity contribution in [3.05, 3.63) is 35.9 Å². The molecule has 2 fully saturated rings. The highest BCUT2D eigenvalue weighted by Crippen LogP contribution is 2.52. The number of rotatable bonds is 2. The van der Waals surface area contributed by atoms with E-state index in [9.17, 15) is 9.59 Å². The maximum absolute atomic E-state index is 11.9. The van der Waals surface area contributed by atoms with E-state index in [0.717, 1.165) is 6.54 Å². The summed E-state index contributed by atoms with van der Waals surface area (Å²) in [4.78, 5) is 26.0. The van der Waals surface area contributed by atoms with Crippen LogP contribution < -0.4 is 0 Å². The second-order valence-corrected chi connectivity index (χ2v) is 5.97. The van der Waals surface area contributed by atoms with Gasteiger partial charge in [-0.2, -0.15) is 0 Å². The third kappa shape index (κ3) is 1.63. The van der Waals surface area contributed by atoms with Crippen molar-refractivity contribution < 1.29 is 14.3 Å². The monoisotopic (exact) mass is 259 g/mol. The van der Waals surface area contributed by atoms with Gasteiger partial charge in [0.25, 0.3) is 0 Å². The molecule has 0 spiro atoms. The molecule has 0 N–H and O–H groups in total. The Hall–Kier alpha value is -1.68. The van der Waals surface area contributed by atoms with Crippen LogP contribution in [0.3, 0.4) is 0 Å². The van der Waals surface area contributed by atoms with E-state index in [0.29, 0.717) is 13.1 Å². The van der Waals surface area contributed by atoms with Gasteiger partial charge in [-0.05, 0) is 19.4 Å². The molecule has 0 saturated carbocycles. The largest absolute Gasteiger partial charge is 0.392 e. The highest BCUT2D eigenvalue weighted by Gasteiger charge is 2.67. The number of esters is 2. The van der Waals surface area contributed by atoms with Crippen LogP contribution in [0.25, 0.3) is 0 Å². The summed E-state index contributed by atoms with van der Waals surface area (Å²) < 4.78 is 4.83. The van der Waals surface area contributed by atoms with E-state index in [1.807, 2.05) is 32.0 Å². The number of likely N-dealkylation sites (tertiary alicyclic amines) is 1. The molecule has 2 saturated heterocycles. The molecule has 100 valence electrons. The minimum absolute atomic E-state index is 0.379. The maximum Gasteiger partial charge on any atom is 0.321 e. The first-order chi connectivity index (χ1) is 8.96. The van der Waals surface area contributed by atoms with Crippen molar-refractivity contribution in [2.24, 2.45) is 10.8 Å². The summed E-state index contributed by atoms with van der Waals surface area (Å²) in [6.07, 6.45) is 0. The van der Waals surface area contributed by atoms with Gasteiger partial charge >= 0.3 is 11.9 Å². The van der Waals surface area contributed by atoms with Gasteiger partial charge < -0.3 is 4.74 Å². The Morgan fingerprint density at radius 1 is 1.05 bits per heavy atom. The van der Waals surface area contributed by atoms with Crippen LogP contribution in [0.2, 0.25) is 0 Å². The molecule has 2 heterocycles. The first-order valence-corrected chi connectivity index (χ1v) is 6.49. The van der Waals surface area contributed by atoms with E-state index in [-0.39, 0.29) is 11.9 Å². The van der Waals surface area contributed by atoms with Crippen LogP contribution in [0.4, 0.5) is 0 Å². The molecule has 2 aliphatic heterocycles. The Bertz CT molecular complexity index is 514. The summed E-state index contributed by atoms with van der Waals surface area (Å²) in [5.74, 6) is -0.758. The first kappa shape index (κ1) is 12.4. The maximum atomic E-state index is 11.9. The quantitative estimate of drug-likeness (QED) is 0.598. The third-order valence-corrected chi connectivity index (χ3v) is 4.63. The van der Waals surface area contributed by atoms with Crippen LogP contribution in [0.15, 0.2) is 30.3 Å². The zero-order valence-corrected chi connectivity index (χ0v) is 11.2. The molecule has 1 aromatic carbocycles. The lowest BCUT2D eigenvalue weighted by molar-refractivity contribution is -0.156. The summed E-state index contributed by atoms with van der Waals surface area (Å²) in [6.45, 7) is 5.58. The van der Waals surface area contributed by atoms with E-state index >= 15 is 0 Å². The molecular formula is C15H17NO3. The molecule has 1 aromatic rings. The number of fused-ring (bicyclic) bond motifs is 1. The number of carbonyl (C=O) groups is 2. The van der Waals surface area contributed by atoms with Gasteiger partial charge in [0.1, 0.15) is 0 Å². The van der Waals surface area contributed by atoms with Crippen molar-refractivity contribution in [2.75, 3.05) is 13.1 Å². The average molecular weight is 259 g/mol. The number of ether oxygens (including phenoxy) is 1. The van der Waals surface area contributed by atoms with Crippen LogP contribution in [-0.2, 0) is 20.9 Å². The van der Waals surface area contributed by atoms with Gasteiger partial charge in [-0.1, -0.05) is 30.3 Å². The number of hydrogen-bond donors (Lipinski definition) is 0.